The van der Waals surface area contributed by atoms with Crippen LogP contribution in [0.15, 0.2) is 18.2 Å². The molecule has 76 valence electrons. The highest BCUT2D eigenvalue weighted by Crippen LogP contribution is 2.29. The van der Waals surface area contributed by atoms with E-state index in [1.807, 2.05) is 18.2 Å². The second-order valence-corrected chi connectivity index (χ2v) is 3.87. The van der Waals surface area contributed by atoms with Crippen LogP contribution in [0.4, 0.5) is 0 Å². The monoisotopic (exact) mass is 192 g/mol. The first-order valence-electron chi connectivity index (χ1n) is 5.03. The first-order chi connectivity index (χ1) is 6.79. The number of hydrogen-bond acceptors (Lipinski definition) is 3. The number of hydrogen-bond donors (Lipinski definition) is 1. The lowest BCUT2D eigenvalue weighted by Crippen LogP contribution is -2.17. The van der Waals surface area contributed by atoms with Crippen molar-refractivity contribution in [1.82, 2.24) is 10.3 Å². The summed E-state index contributed by atoms with van der Waals surface area (Å²) >= 11 is 0. The Bertz CT molecular complexity index is 314. The van der Waals surface area contributed by atoms with E-state index in [4.69, 9.17) is 4.74 Å². The smallest absolute Gasteiger partial charge is 0.213 e. The Morgan fingerprint density at radius 3 is 3.00 bits per heavy atom. The van der Waals surface area contributed by atoms with Gasteiger partial charge in [-0.05, 0) is 18.4 Å². The van der Waals surface area contributed by atoms with E-state index in [0.29, 0.717) is 11.9 Å². The standard InChI is InChI=1S/C11H16N2O/c1-8-6-10(8)12-7-9-4-3-5-11(13-9)14-2/h3-5,8,10,12H,6-7H2,1-2H3. The van der Waals surface area contributed by atoms with Crippen LogP contribution in [-0.2, 0) is 6.54 Å². The normalized spacial score (nSPS) is 24.7. The maximum atomic E-state index is 5.06. The Morgan fingerprint density at radius 1 is 1.57 bits per heavy atom. The zero-order valence-electron chi connectivity index (χ0n) is 8.66. The molecule has 0 amide bonds. The molecule has 1 heterocycles. The molecule has 0 aliphatic heterocycles. The van der Waals surface area contributed by atoms with E-state index >= 15 is 0 Å². The third-order valence-corrected chi connectivity index (χ3v) is 2.65. The van der Waals surface area contributed by atoms with Gasteiger partial charge in [-0.2, -0.15) is 0 Å². The van der Waals surface area contributed by atoms with Crippen LogP contribution in [0.1, 0.15) is 19.0 Å². The summed E-state index contributed by atoms with van der Waals surface area (Å²) in [6, 6.07) is 6.55. The lowest BCUT2D eigenvalue weighted by molar-refractivity contribution is 0.395. The molecular formula is C11H16N2O. The molecule has 0 saturated heterocycles. The first kappa shape index (κ1) is 9.46. The van der Waals surface area contributed by atoms with Crippen LogP contribution in [0.25, 0.3) is 0 Å². The molecule has 0 bridgehead atoms. The Morgan fingerprint density at radius 2 is 2.36 bits per heavy atom. The predicted molar refractivity (Wildman–Crippen MR) is 55.2 cm³/mol. The summed E-state index contributed by atoms with van der Waals surface area (Å²) in [5, 5.41) is 3.46. The molecule has 2 rings (SSSR count). The van der Waals surface area contributed by atoms with Gasteiger partial charge in [-0.3, -0.25) is 0 Å². The highest BCUT2D eigenvalue weighted by molar-refractivity contribution is 5.15. The number of ether oxygens (including phenoxy) is 1. The van der Waals surface area contributed by atoms with Crippen molar-refractivity contribution < 1.29 is 4.74 Å². The number of methoxy groups -OCH3 is 1. The molecule has 1 N–H and O–H groups in total. The van der Waals surface area contributed by atoms with Crippen LogP contribution in [0.2, 0.25) is 0 Å². The van der Waals surface area contributed by atoms with Crippen molar-refractivity contribution in [3.63, 3.8) is 0 Å². The third-order valence-electron chi connectivity index (χ3n) is 2.65. The third kappa shape index (κ3) is 2.23. The van der Waals surface area contributed by atoms with Crippen LogP contribution >= 0.6 is 0 Å². The minimum absolute atomic E-state index is 0.688. The molecule has 3 heteroatoms. The zero-order valence-corrected chi connectivity index (χ0v) is 8.66. The van der Waals surface area contributed by atoms with Gasteiger partial charge in [-0.1, -0.05) is 13.0 Å². The second-order valence-electron chi connectivity index (χ2n) is 3.87. The molecule has 2 unspecified atom stereocenters. The van der Waals surface area contributed by atoms with E-state index in [9.17, 15) is 0 Å². The van der Waals surface area contributed by atoms with Gasteiger partial charge in [0.2, 0.25) is 5.88 Å². The van der Waals surface area contributed by atoms with Crippen molar-refractivity contribution in [3.05, 3.63) is 23.9 Å². The van der Waals surface area contributed by atoms with Crippen molar-refractivity contribution in [2.45, 2.75) is 25.9 Å². The fraction of sp³-hybridized carbons (Fsp3) is 0.545. The van der Waals surface area contributed by atoms with Crippen LogP contribution < -0.4 is 10.1 Å². The molecule has 1 aromatic rings. The van der Waals surface area contributed by atoms with Crippen molar-refractivity contribution in [1.29, 1.82) is 0 Å². The van der Waals surface area contributed by atoms with E-state index in [0.717, 1.165) is 18.2 Å². The SMILES string of the molecule is COc1cccc(CNC2CC2C)n1. The quantitative estimate of drug-likeness (QED) is 0.786. The van der Waals surface area contributed by atoms with E-state index < -0.39 is 0 Å². The Balaban J connectivity index is 1.88. The average molecular weight is 192 g/mol. The van der Waals surface area contributed by atoms with E-state index in [2.05, 4.69) is 17.2 Å². The molecule has 2 atom stereocenters. The van der Waals surface area contributed by atoms with Crippen molar-refractivity contribution in [2.24, 2.45) is 5.92 Å². The summed E-state index contributed by atoms with van der Waals surface area (Å²) in [6.07, 6.45) is 1.30. The van der Waals surface area contributed by atoms with Gasteiger partial charge >= 0.3 is 0 Å². The van der Waals surface area contributed by atoms with Crippen LogP contribution in [-0.4, -0.2) is 18.1 Å². The van der Waals surface area contributed by atoms with Crippen molar-refractivity contribution in [2.75, 3.05) is 7.11 Å². The number of aromatic nitrogens is 1. The van der Waals surface area contributed by atoms with Gasteiger partial charge in [0.05, 0.1) is 12.8 Å². The molecule has 1 fully saturated rings. The highest BCUT2D eigenvalue weighted by Gasteiger charge is 2.31. The Kier molecular flexibility index (Phi) is 2.68. The lowest BCUT2D eigenvalue weighted by Gasteiger charge is -2.04. The molecule has 1 aliphatic carbocycles. The Labute approximate surface area is 84.5 Å². The molecule has 1 aromatic heterocycles. The molecule has 0 radical (unpaired) electrons. The number of nitrogens with zero attached hydrogens (tertiary/aromatic N) is 1. The minimum atomic E-state index is 0.688. The van der Waals surface area contributed by atoms with Gasteiger partial charge in [-0.25, -0.2) is 4.98 Å². The van der Waals surface area contributed by atoms with Crippen LogP contribution in [0.5, 0.6) is 5.88 Å². The van der Waals surface area contributed by atoms with Gasteiger partial charge in [-0.15, -0.1) is 0 Å². The number of nitrogens with one attached hydrogen (secondary N) is 1. The largest absolute Gasteiger partial charge is 0.481 e. The molecule has 0 spiro atoms. The second kappa shape index (κ2) is 3.96. The summed E-state index contributed by atoms with van der Waals surface area (Å²) in [7, 11) is 1.64. The van der Waals surface area contributed by atoms with E-state index in [1.165, 1.54) is 6.42 Å². The molecule has 3 nitrogen and oxygen atoms in total. The average Bonchev–Trinajstić information content (AvgIpc) is 2.92. The number of rotatable bonds is 4. The molecule has 14 heavy (non-hydrogen) atoms. The molecule has 0 aromatic carbocycles. The van der Waals surface area contributed by atoms with Crippen LogP contribution in [0, 0.1) is 5.92 Å². The van der Waals surface area contributed by atoms with Crippen molar-refractivity contribution >= 4 is 0 Å². The van der Waals surface area contributed by atoms with Gasteiger partial charge in [0.1, 0.15) is 0 Å². The maximum Gasteiger partial charge on any atom is 0.213 e. The Hall–Kier alpha value is -1.09. The van der Waals surface area contributed by atoms with Gasteiger partial charge in [0.25, 0.3) is 0 Å². The summed E-state index contributed by atoms with van der Waals surface area (Å²) in [5.41, 5.74) is 1.04. The summed E-state index contributed by atoms with van der Waals surface area (Å²) < 4.78 is 5.06. The fourth-order valence-corrected chi connectivity index (χ4v) is 1.51. The topological polar surface area (TPSA) is 34.1 Å². The highest BCUT2D eigenvalue weighted by atomic mass is 16.5. The van der Waals surface area contributed by atoms with Gasteiger partial charge in [0.15, 0.2) is 0 Å². The molecule has 1 aliphatic rings. The molecule has 1 saturated carbocycles. The summed E-state index contributed by atoms with van der Waals surface area (Å²) in [4.78, 5) is 4.33. The maximum absolute atomic E-state index is 5.06. The van der Waals surface area contributed by atoms with E-state index in [1.54, 1.807) is 7.11 Å². The zero-order chi connectivity index (χ0) is 9.97. The summed E-state index contributed by atoms with van der Waals surface area (Å²) in [6.45, 7) is 3.10. The molecular weight excluding hydrogens is 176 g/mol. The number of pyridine rings is 1. The summed E-state index contributed by atoms with van der Waals surface area (Å²) in [5.74, 6) is 1.52. The van der Waals surface area contributed by atoms with Gasteiger partial charge < -0.3 is 10.1 Å². The van der Waals surface area contributed by atoms with Crippen LogP contribution in [0.3, 0.4) is 0 Å². The van der Waals surface area contributed by atoms with Gasteiger partial charge in [0, 0.05) is 18.7 Å². The minimum Gasteiger partial charge on any atom is -0.481 e. The fourth-order valence-electron chi connectivity index (χ4n) is 1.51. The first-order valence-corrected chi connectivity index (χ1v) is 5.03. The predicted octanol–water partition coefficient (Wildman–Crippen LogP) is 1.59. The van der Waals surface area contributed by atoms with Crippen molar-refractivity contribution in [3.8, 4) is 5.88 Å². The van der Waals surface area contributed by atoms with E-state index in [-0.39, 0.29) is 0 Å². The lowest BCUT2D eigenvalue weighted by atomic mass is 10.3.